The van der Waals surface area contributed by atoms with Gasteiger partial charge in [-0.15, -0.1) is 0 Å². The van der Waals surface area contributed by atoms with Gasteiger partial charge in [0, 0.05) is 6.54 Å². The van der Waals surface area contributed by atoms with Crippen molar-refractivity contribution in [2.45, 2.75) is 47.1 Å². The SMILES string of the molecule is CC.Cc1cc2nc3c(=O)[nH]c(=O)nc-3n(CCCc3ccc(F)c(F)c3)c2cc1C. The predicted molar refractivity (Wildman–Crippen MR) is 117 cm³/mol. The predicted octanol–water partition coefficient (Wildman–Crippen LogP) is 4.14. The summed E-state index contributed by atoms with van der Waals surface area (Å²) in [4.78, 5) is 34.6. The Hall–Kier alpha value is -3.42. The smallest absolute Gasteiger partial charge is 0.322 e. The Morgan fingerprint density at radius 1 is 0.968 bits per heavy atom. The highest BCUT2D eigenvalue weighted by atomic mass is 19.2. The number of H-pyrrole nitrogens is 1. The molecule has 0 bridgehead atoms. The Labute approximate surface area is 178 Å². The lowest BCUT2D eigenvalue weighted by molar-refractivity contribution is 0.506. The van der Waals surface area contributed by atoms with Gasteiger partial charge in [0.05, 0.1) is 11.0 Å². The summed E-state index contributed by atoms with van der Waals surface area (Å²) < 4.78 is 28.4. The standard InChI is InChI=1S/C21H18F2N4O2.C2H6/c1-11-8-16-17(9-12(11)2)27(19-18(24-16)20(28)26-21(29)25-19)7-3-4-13-5-6-14(22)15(23)10-13;1-2/h5-6,8-10H,3-4,7H2,1-2H3,(H,26,28,29);1-2H3. The number of nitrogens with zero attached hydrogens (tertiary/aromatic N) is 3. The molecule has 8 heteroatoms. The molecule has 2 aliphatic heterocycles. The molecule has 0 unspecified atom stereocenters. The summed E-state index contributed by atoms with van der Waals surface area (Å²) in [6, 6.07) is 7.65. The zero-order chi connectivity index (χ0) is 22.7. The van der Waals surface area contributed by atoms with Crippen molar-refractivity contribution in [3.8, 4) is 11.5 Å². The van der Waals surface area contributed by atoms with Crippen LogP contribution in [0.15, 0.2) is 39.9 Å². The fourth-order valence-electron chi connectivity index (χ4n) is 3.41. The number of hydrogen-bond acceptors (Lipinski definition) is 4. The molecule has 0 saturated carbocycles. The van der Waals surface area contributed by atoms with Gasteiger partial charge in [0.15, 0.2) is 23.2 Å². The lowest BCUT2D eigenvalue weighted by Gasteiger charge is -2.17. The maximum Gasteiger partial charge on any atom is 0.349 e. The van der Waals surface area contributed by atoms with E-state index in [1.54, 1.807) is 4.57 Å². The van der Waals surface area contributed by atoms with E-state index in [9.17, 15) is 18.4 Å². The van der Waals surface area contributed by atoms with Crippen molar-refractivity contribution < 1.29 is 8.78 Å². The number of rotatable bonds is 4. The summed E-state index contributed by atoms with van der Waals surface area (Å²) in [6.07, 6.45) is 1.06. The van der Waals surface area contributed by atoms with E-state index in [1.165, 1.54) is 12.1 Å². The second kappa shape index (κ2) is 9.16. The van der Waals surface area contributed by atoms with E-state index >= 15 is 0 Å². The van der Waals surface area contributed by atoms with Crippen LogP contribution in [-0.2, 0) is 13.0 Å². The molecule has 0 spiro atoms. The molecule has 0 aliphatic carbocycles. The minimum absolute atomic E-state index is 0.0909. The summed E-state index contributed by atoms with van der Waals surface area (Å²) in [7, 11) is 0. The highest BCUT2D eigenvalue weighted by molar-refractivity contribution is 5.81. The van der Waals surface area contributed by atoms with Crippen LogP contribution in [0.3, 0.4) is 0 Å². The van der Waals surface area contributed by atoms with Crippen LogP contribution >= 0.6 is 0 Å². The van der Waals surface area contributed by atoms with E-state index in [1.807, 2.05) is 39.8 Å². The second-order valence-electron chi connectivity index (χ2n) is 7.08. The van der Waals surface area contributed by atoms with Gasteiger partial charge in [0.2, 0.25) is 0 Å². The molecule has 2 aromatic rings. The van der Waals surface area contributed by atoms with Crippen molar-refractivity contribution in [1.82, 2.24) is 19.5 Å². The largest absolute Gasteiger partial charge is 0.349 e. The van der Waals surface area contributed by atoms with Gasteiger partial charge >= 0.3 is 5.69 Å². The molecule has 1 N–H and O–H groups in total. The summed E-state index contributed by atoms with van der Waals surface area (Å²) in [6.45, 7) is 8.35. The number of nitrogens with one attached hydrogen (secondary N) is 1. The highest BCUT2D eigenvalue weighted by Crippen LogP contribution is 2.24. The first-order valence-electron chi connectivity index (χ1n) is 10.2. The van der Waals surface area contributed by atoms with E-state index in [0.29, 0.717) is 30.5 Å². The van der Waals surface area contributed by atoms with Crippen LogP contribution < -0.4 is 11.2 Å². The van der Waals surface area contributed by atoms with Gasteiger partial charge in [-0.2, -0.15) is 4.98 Å². The normalized spacial score (nSPS) is 10.9. The number of aryl methyl sites for hydroxylation is 4. The Morgan fingerprint density at radius 2 is 1.68 bits per heavy atom. The average Bonchev–Trinajstić information content (AvgIpc) is 2.73. The van der Waals surface area contributed by atoms with Crippen molar-refractivity contribution in [1.29, 1.82) is 0 Å². The average molecular weight is 426 g/mol. The van der Waals surface area contributed by atoms with Gasteiger partial charge in [0.25, 0.3) is 5.56 Å². The maximum absolute atomic E-state index is 13.4. The van der Waals surface area contributed by atoms with Gasteiger partial charge in [-0.1, -0.05) is 19.9 Å². The van der Waals surface area contributed by atoms with Crippen LogP contribution in [0.5, 0.6) is 0 Å². The van der Waals surface area contributed by atoms with E-state index < -0.39 is 22.9 Å². The Kier molecular flexibility index (Phi) is 6.58. The van der Waals surface area contributed by atoms with Gasteiger partial charge < -0.3 is 4.57 Å². The van der Waals surface area contributed by atoms with Crippen LogP contribution in [0.2, 0.25) is 0 Å². The Morgan fingerprint density at radius 3 is 2.39 bits per heavy atom. The molecular formula is C23H24F2N4O2. The van der Waals surface area contributed by atoms with Crippen LogP contribution in [0.25, 0.3) is 22.6 Å². The molecule has 2 heterocycles. The Balaban J connectivity index is 0.00000132. The molecule has 4 rings (SSSR count). The minimum atomic E-state index is -0.884. The molecule has 0 aromatic heterocycles. The molecule has 2 aliphatic rings. The number of benzene rings is 2. The number of hydrogen-bond donors (Lipinski definition) is 1. The van der Waals surface area contributed by atoms with Crippen LogP contribution in [0, 0.1) is 25.5 Å². The summed E-state index contributed by atoms with van der Waals surface area (Å²) >= 11 is 0. The summed E-state index contributed by atoms with van der Waals surface area (Å²) in [5.74, 6) is -1.56. The molecule has 2 aromatic carbocycles. The van der Waals surface area contributed by atoms with Crippen molar-refractivity contribution in [2.75, 3.05) is 0 Å². The molecule has 0 saturated heterocycles. The lowest BCUT2D eigenvalue weighted by atomic mass is 10.1. The zero-order valence-electron chi connectivity index (χ0n) is 17.9. The lowest BCUT2D eigenvalue weighted by Crippen LogP contribution is -2.29. The number of fused-ring (bicyclic) bond motifs is 2. The summed E-state index contributed by atoms with van der Waals surface area (Å²) in [5, 5.41) is 0. The highest BCUT2D eigenvalue weighted by Gasteiger charge is 2.19. The van der Waals surface area contributed by atoms with Crippen LogP contribution in [-0.4, -0.2) is 19.5 Å². The first-order chi connectivity index (χ1) is 14.8. The number of halogens is 2. The first-order valence-corrected chi connectivity index (χ1v) is 10.2. The number of aromatic nitrogens is 4. The van der Waals surface area contributed by atoms with Crippen LogP contribution in [0.4, 0.5) is 8.78 Å². The third-order valence-corrected chi connectivity index (χ3v) is 5.06. The molecule has 0 atom stereocenters. The zero-order valence-corrected chi connectivity index (χ0v) is 17.9. The topological polar surface area (TPSA) is 80.6 Å². The van der Waals surface area contributed by atoms with Crippen molar-refractivity contribution in [3.05, 3.63) is 79.5 Å². The van der Waals surface area contributed by atoms with E-state index in [4.69, 9.17) is 0 Å². The van der Waals surface area contributed by atoms with Crippen molar-refractivity contribution in [2.24, 2.45) is 0 Å². The van der Waals surface area contributed by atoms with Gasteiger partial charge in [0.1, 0.15) is 0 Å². The van der Waals surface area contributed by atoms with E-state index in [0.717, 1.165) is 22.7 Å². The Bertz CT molecular complexity index is 1330. The van der Waals surface area contributed by atoms with Gasteiger partial charge in [-0.25, -0.2) is 18.6 Å². The van der Waals surface area contributed by atoms with Gasteiger partial charge in [-0.05, 0) is 67.6 Å². The molecule has 6 nitrogen and oxygen atoms in total. The monoisotopic (exact) mass is 426 g/mol. The molecule has 31 heavy (non-hydrogen) atoms. The fraction of sp³-hybridized carbons (Fsp3) is 0.304. The second-order valence-corrected chi connectivity index (χ2v) is 7.08. The van der Waals surface area contributed by atoms with Crippen molar-refractivity contribution in [3.63, 3.8) is 0 Å². The van der Waals surface area contributed by atoms with E-state index in [2.05, 4.69) is 15.0 Å². The molecule has 0 radical (unpaired) electrons. The van der Waals surface area contributed by atoms with Gasteiger partial charge in [-0.3, -0.25) is 9.78 Å². The fourth-order valence-corrected chi connectivity index (χ4v) is 3.41. The van der Waals surface area contributed by atoms with E-state index in [-0.39, 0.29) is 11.5 Å². The molecule has 0 fully saturated rings. The third-order valence-electron chi connectivity index (χ3n) is 5.06. The summed E-state index contributed by atoms with van der Waals surface area (Å²) in [5.41, 5.74) is 2.88. The third kappa shape index (κ3) is 4.52. The quantitative estimate of drug-likeness (QED) is 0.498. The molecular weight excluding hydrogens is 402 g/mol. The van der Waals surface area contributed by atoms with Crippen LogP contribution in [0.1, 0.15) is 37.0 Å². The minimum Gasteiger partial charge on any atom is -0.322 e. The molecule has 0 amide bonds. The maximum atomic E-state index is 13.4. The van der Waals surface area contributed by atoms with Crippen molar-refractivity contribution >= 4 is 11.0 Å². The number of aromatic amines is 1. The first kappa shape index (κ1) is 22.3. The molecule has 162 valence electrons.